The molecule has 0 spiro atoms. The number of hydrogen-bond acceptors (Lipinski definition) is 4. The van der Waals surface area contributed by atoms with Gasteiger partial charge in [-0.1, -0.05) is 0 Å². The Balaban J connectivity index is 1.59. The molecule has 0 aliphatic heterocycles. The minimum Gasteiger partial charge on any atom is -0.448 e. The minimum absolute atomic E-state index is 0.429. The maximum absolute atomic E-state index is 5.65. The van der Waals surface area contributed by atoms with E-state index in [1.807, 2.05) is 6.07 Å². The molecule has 2 N–H and O–H groups in total. The molecule has 2 aromatic heterocycles. The molecule has 5 nitrogen and oxygen atoms in total. The third kappa shape index (κ3) is 3.36. The van der Waals surface area contributed by atoms with E-state index in [1.165, 1.54) is 6.33 Å². The Labute approximate surface area is 98.2 Å². The fourth-order valence-electron chi connectivity index (χ4n) is 1.39. The molecule has 0 saturated carbocycles. The van der Waals surface area contributed by atoms with Gasteiger partial charge in [0.25, 0.3) is 0 Å². The van der Waals surface area contributed by atoms with Gasteiger partial charge in [0.2, 0.25) is 0 Å². The summed E-state index contributed by atoms with van der Waals surface area (Å²) >= 11 is 5.65. The minimum atomic E-state index is 0.429. The summed E-state index contributed by atoms with van der Waals surface area (Å²) < 4.78 is 5.21. The molecular weight excluding hydrogens is 228 g/mol. The van der Waals surface area contributed by atoms with Crippen molar-refractivity contribution in [3.05, 3.63) is 35.3 Å². The van der Waals surface area contributed by atoms with Crippen LogP contribution in [0.1, 0.15) is 18.0 Å². The van der Waals surface area contributed by atoms with E-state index < -0.39 is 0 Å². The molecule has 0 aliphatic carbocycles. The summed E-state index contributed by atoms with van der Waals surface area (Å²) in [6, 6.07) is 3.61. The first kappa shape index (κ1) is 11.2. The second kappa shape index (κ2) is 5.67. The van der Waals surface area contributed by atoms with Crippen LogP contribution in [0, 0.1) is 0 Å². The zero-order chi connectivity index (χ0) is 11.2. The lowest BCUT2D eigenvalue weighted by atomic mass is 10.3. The molecular formula is C10H13ClN4O. The Bertz CT molecular complexity index is 412. The number of hydrogen-bond donors (Lipinski definition) is 2. The number of halogens is 1. The zero-order valence-corrected chi connectivity index (χ0v) is 9.50. The highest BCUT2D eigenvalue weighted by Crippen LogP contribution is 2.12. The summed E-state index contributed by atoms with van der Waals surface area (Å²) in [4.78, 5) is 4.04. The third-order valence-corrected chi connectivity index (χ3v) is 2.36. The van der Waals surface area contributed by atoms with Crippen LogP contribution in [0.5, 0.6) is 0 Å². The van der Waals surface area contributed by atoms with E-state index >= 15 is 0 Å². The van der Waals surface area contributed by atoms with Crippen molar-refractivity contribution >= 4 is 11.6 Å². The molecule has 6 heteroatoms. The average Bonchev–Trinajstić information content (AvgIpc) is 2.89. The predicted octanol–water partition coefficient (Wildman–Crippen LogP) is 1.77. The molecule has 0 amide bonds. The maximum Gasteiger partial charge on any atom is 0.193 e. The van der Waals surface area contributed by atoms with Gasteiger partial charge in [-0.3, -0.25) is 5.10 Å². The molecule has 0 radical (unpaired) electrons. The van der Waals surface area contributed by atoms with Crippen LogP contribution in [0.25, 0.3) is 0 Å². The maximum atomic E-state index is 5.65. The second-order valence-corrected chi connectivity index (χ2v) is 3.79. The summed E-state index contributed by atoms with van der Waals surface area (Å²) in [5.41, 5.74) is 0. The fraction of sp³-hybridized carbons (Fsp3) is 0.400. The number of furan rings is 1. The summed E-state index contributed by atoms with van der Waals surface area (Å²) in [5, 5.41) is 10.3. The molecule has 0 aromatic carbocycles. The van der Waals surface area contributed by atoms with Gasteiger partial charge in [0.05, 0.1) is 6.54 Å². The van der Waals surface area contributed by atoms with E-state index in [0.29, 0.717) is 11.8 Å². The second-order valence-electron chi connectivity index (χ2n) is 3.42. The molecule has 0 aliphatic rings. The van der Waals surface area contributed by atoms with Crippen LogP contribution in [0.4, 0.5) is 0 Å². The van der Waals surface area contributed by atoms with E-state index in [-0.39, 0.29) is 0 Å². The van der Waals surface area contributed by atoms with Gasteiger partial charge in [0.15, 0.2) is 5.22 Å². The van der Waals surface area contributed by atoms with Gasteiger partial charge in [0.1, 0.15) is 17.9 Å². The first-order valence-corrected chi connectivity index (χ1v) is 5.51. The normalized spacial score (nSPS) is 10.8. The lowest BCUT2D eigenvalue weighted by Gasteiger charge is -2.00. The predicted molar refractivity (Wildman–Crippen MR) is 60.1 cm³/mol. The van der Waals surface area contributed by atoms with Crippen LogP contribution < -0.4 is 5.32 Å². The van der Waals surface area contributed by atoms with Crippen LogP contribution in [0.2, 0.25) is 5.22 Å². The molecule has 2 heterocycles. The van der Waals surface area contributed by atoms with Gasteiger partial charge in [-0.25, -0.2) is 4.98 Å². The zero-order valence-electron chi connectivity index (χ0n) is 8.74. The number of H-pyrrole nitrogens is 1. The van der Waals surface area contributed by atoms with E-state index in [4.69, 9.17) is 16.0 Å². The number of aryl methyl sites for hydroxylation is 1. The van der Waals surface area contributed by atoms with Gasteiger partial charge in [-0.2, -0.15) is 5.10 Å². The SMILES string of the molecule is Clc1ccc(CNCCCc2ncn[nH]2)o1. The number of aromatic amines is 1. The molecule has 16 heavy (non-hydrogen) atoms. The first-order valence-electron chi connectivity index (χ1n) is 5.14. The summed E-state index contributed by atoms with van der Waals surface area (Å²) in [5.74, 6) is 1.77. The van der Waals surface area contributed by atoms with E-state index in [9.17, 15) is 0 Å². The van der Waals surface area contributed by atoms with E-state index in [2.05, 4.69) is 20.5 Å². The van der Waals surface area contributed by atoms with E-state index in [0.717, 1.165) is 31.0 Å². The van der Waals surface area contributed by atoms with Crippen molar-refractivity contribution in [2.45, 2.75) is 19.4 Å². The van der Waals surface area contributed by atoms with Crippen molar-refractivity contribution in [1.29, 1.82) is 0 Å². The Hall–Kier alpha value is -1.33. The van der Waals surface area contributed by atoms with Crippen molar-refractivity contribution in [3.63, 3.8) is 0 Å². The highest BCUT2D eigenvalue weighted by molar-refractivity contribution is 6.28. The topological polar surface area (TPSA) is 66.7 Å². The first-order chi connectivity index (χ1) is 7.84. The van der Waals surface area contributed by atoms with Crippen LogP contribution in [-0.4, -0.2) is 21.7 Å². The van der Waals surface area contributed by atoms with Crippen LogP contribution >= 0.6 is 11.6 Å². The molecule has 2 rings (SSSR count). The summed E-state index contributed by atoms with van der Waals surface area (Å²) in [7, 11) is 0. The third-order valence-electron chi connectivity index (χ3n) is 2.16. The smallest absolute Gasteiger partial charge is 0.193 e. The van der Waals surface area contributed by atoms with Crippen molar-refractivity contribution in [1.82, 2.24) is 20.5 Å². The highest BCUT2D eigenvalue weighted by Gasteiger charge is 1.99. The number of rotatable bonds is 6. The lowest BCUT2D eigenvalue weighted by molar-refractivity contribution is 0.482. The Kier molecular flexibility index (Phi) is 3.96. The van der Waals surface area contributed by atoms with Gasteiger partial charge >= 0.3 is 0 Å². The van der Waals surface area contributed by atoms with Crippen molar-refractivity contribution in [2.24, 2.45) is 0 Å². The quantitative estimate of drug-likeness (QED) is 0.756. The molecule has 0 unspecified atom stereocenters. The van der Waals surface area contributed by atoms with Gasteiger partial charge < -0.3 is 9.73 Å². The molecule has 0 saturated heterocycles. The Morgan fingerprint density at radius 1 is 1.44 bits per heavy atom. The summed E-state index contributed by atoms with van der Waals surface area (Å²) in [6.45, 7) is 1.60. The van der Waals surface area contributed by atoms with Crippen LogP contribution in [-0.2, 0) is 13.0 Å². The van der Waals surface area contributed by atoms with Crippen LogP contribution in [0.3, 0.4) is 0 Å². The fourth-order valence-corrected chi connectivity index (χ4v) is 1.55. The monoisotopic (exact) mass is 240 g/mol. The lowest BCUT2D eigenvalue weighted by Crippen LogP contribution is -2.15. The molecule has 2 aromatic rings. The van der Waals surface area contributed by atoms with Crippen molar-refractivity contribution in [2.75, 3.05) is 6.54 Å². The molecule has 0 atom stereocenters. The van der Waals surface area contributed by atoms with Crippen molar-refractivity contribution < 1.29 is 4.42 Å². The molecule has 0 fully saturated rings. The van der Waals surface area contributed by atoms with Gasteiger partial charge in [0, 0.05) is 6.42 Å². The van der Waals surface area contributed by atoms with Crippen molar-refractivity contribution in [3.8, 4) is 0 Å². The van der Waals surface area contributed by atoms with E-state index in [1.54, 1.807) is 6.07 Å². The van der Waals surface area contributed by atoms with Gasteiger partial charge in [-0.15, -0.1) is 0 Å². The molecule has 86 valence electrons. The number of nitrogens with one attached hydrogen (secondary N) is 2. The highest BCUT2D eigenvalue weighted by atomic mass is 35.5. The Morgan fingerprint density at radius 2 is 2.38 bits per heavy atom. The number of aromatic nitrogens is 3. The molecule has 0 bridgehead atoms. The number of nitrogens with zero attached hydrogens (tertiary/aromatic N) is 2. The summed E-state index contributed by atoms with van der Waals surface area (Å²) in [6.07, 6.45) is 3.42. The van der Waals surface area contributed by atoms with Gasteiger partial charge in [-0.05, 0) is 36.7 Å². The van der Waals surface area contributed by atoms with Crippen LogP contribution in [0.15, 0.2) is 22.9 Å². The average molecular weight is 241 g/mol. The largest absolute Gasteiger partial charge is 0.448 e. The Morgan fingerprint density at radius 3 is 3.06 bits per heavy atom. The standard InChI is InChI=1S/C10H13ClN4O/c11-9-4-3-8(16-9)6-12-5-1-2-10-13-7-14-15-10/h3-4,7,12H,1-2,5-6H2,(H,13,14,15).